The zero-order valence-corrected chi connectivity index (χ0v) is 14.7. The molecule has 2 aliphatic rings. The molecule has 1 aromatic carbocycles. The van der Waals surface area contributed by atoms with Crippen LogP contribution in [0.15, 0.2) is 48.8 Å². The van der Waals surface area contributed by atoms with Crippen molar-refractivity contribution >= 4 is 5.91 Å². The number of halogens is 1. The third kappa shape index (κ3) is 3.78. The minimum Gasteiger partial charge on any atom is -0.371 e. The zero-order chi connectivity index (χ0) is 17.9. The first-order valence-electron chi connectivity index (χ1n) is 9.29. The fourth-order valence-electron chi connectivity index (χ4n) is 3.58. The van der Waals surface area contributed by atoms with E-state index < -0.39 is 0 Å². The van der Waals surface area contributed by atoms with Crippen LogP contribution in [-0.4, -0.2) is 28.9 Å². The monoisotopic (exact) mass is 354 g/mol. The molecule has 1 amide bonds. The summed E-state index contributed by atoms with van der Waals surface area (Å²) < 4.78 is 19.8. The van der Waals surface area contributed by atoms with Crippen molar-refractivity contribution in [3.05, 3.63) is 65.7 Å². The van der Waals surface area contributed by atoms with Crippen molar-refractivity contribution < 1.29 is 13.9 Å². The molecule has 1 aliphatic carbocycles. The molecule has 2 atom stereocenters. The molecule has 4 rings (SSSR count). The lowest BCUT2D eigenvalue weighted by atomic mass is 9.95. The van der Waals surface area contributed by atoms with Crippen LogP contribution in [0, 0.1) is 11.7 Å². The number of hydrogen-bond acceptors (Lipinski definition) is 3. The molecule has 1 aromatic heterocycles. The van der Waals surface area contributed by atoms with Gasteiger partial charge < -0.3 is 9.64 Å². The molecule has 2 fully saturated rings. The first-order chi connectivity index (χ1) is 12.7. The van der Waals surface area contributed by atoms with Gasteiger partial charge in [0, 0.05) is 30.9 Å². The standard InChI is InChI=1S/C21H23FN2O2/c22-18-9-7-16(8-10-18)20(24-12-2-4-19(24)25)21(26-14-15-5-6-15)17-3-1-11-23-13-17/h1,3,7-11,13,15,20-21H,2,4-6,12,14H2/t20-,21+/m1/s1. The summed E-state index contributed by atoms with van der Waals surface area (Å²) in [4.78, 5) is 18.7. The van der Waals surface area contributed by atoms with Crippen molar-refractivity contribution in [1.29, 1.82) is 0 Å². The highest BCUT2D eigenvalue weighted by molar-refractivity contribution is 5.78. The Morgan fingerprint density at radius 3 is 2.62 bits per heavy atom. The molecule has 5 heteroatoms. The Kier molecular flexibility index (Phi) is 4.98. The van der Waals surface area contributed by atoms with Crippen LogP contribution in [0.1, 0.15) is 49.0 Å². The average Bonchev–Trinajstić information content (AvgIpc) is 3.40. The summed E-state index contributed by atoms with van der Waals surface area (Å²) in [6, 6.07) is 10.0. The maximum atomic E-state index is 13.5. The van der Waals surface area contributed by atoms with Crippen LogP contribution < -0.4 is 0 Å². The predicted molar refractivity (Wildman–Crippen MR) is 95.7 cm³/mol. The second-order valence-corrected chi connectivity index (χ2v) is 7.17. The minimum atomic E-state index is -0.309. The highest BCUT2D eigenvalue weighted by Crippen LogP contribution is 2.41. The number of hydrogen-bond donors (Lipinski definition) is 0. The van der Waals surface area contributed by atoms with Crippen molar-refractivity contribution in [3.63, 3.8) is 0 Å². The van der Waals surface area contributed by atoms with Gasteiger partial charge in [-0.15, -0.1) is 0 Å². The van der Waals surface area contributed by atoms with E-state index in [1.807, 2.05) is 17.0 Å². The summed E-state index contributed by atoms with van der Waals surface area (Å²) in [5.74, 6) is 0.456. The molecular weight excluding hydrogens is 331 g/mol. The fraction of sp³-hybridized carbons (Fsp3) is 0.429. The lowest BCUT2D eigenvalue weighted by molar-refractivity contribution is -0.133. The fourth-order valence-corrected chi connectivity index (χ4v) is 3.58. The number of pyridine rings is 1. The van der Waals surface area contributed by atoms with Crippen LogP contribution in [0.25, 0.3) is 0 Å². The van der Waals surface area contributed by atoms with Gasteiger partial charge in [0.2, 0.25) is 5.91 Å². The van der Waals surface area contributed by atoms with E-state index in [2.05, 4.69) is 4.98 Å². The number of likely N-dealkylation sites (tertiary alicyclic amines) is 1. The molecule has 1 saturated carbocycles. The molecule has 0 bridgehead atoms. The molecule has 1 aliphatic heterocycles. The number of aromatic nitrogens is 1. The molecule has 1 saturated heterocycles. The van der Waals surface area contributed by atoms with E-state index in [0.29, 0.717) is 25.5 Å². The van der Waals surface area contributed by atoms with Crippen molar-refractivity contribution in [2.75, 3.05) is 13.2 Å². The highest BCUT2D eigenvalue weighted by Gasteiger charge is 2.37. The van der Waals surface area contributed by atoms with E-state index in [9.17, 15) is 9.18 Å². The maximum Gasteiger partial charge on any atom is 0.223 e. The van der Waals surface area contributed by atoms with Gasteiger partial charge in [-0.3, -0.25) is 9.78 Å². The largest absolute Gasteiger partial charge is 0.371 e. The quantitative estimate of drug-likeness (QED) is 0.753. The summed E-state index contributed by atoms with van der Waals surface area (Å²) in [6.45, 7) is 1.38. The molecule has 26 heavy (non-hydrogen) atoms. The summed E-state index contributed by atoms with van der Waals surface area (Å²) in [6.07, 6.45) is 7.02. The molecule has 2 heterocycles. The van der Waals surface area contributed by atoms with Crippen LogP contribution in [0.3, 0.4) is 0 Å². The number of nitrogens with zero attached hydrogens (tertiary/aromatic N) is 2. The van der Waals surface area contributed by atoms with E-state index in [4.69, 9.17) is 4.74 Å². The van der Waals surface area contributed by atoms with Crippen molar-refractivity contribution in [1.82, 2.24) is 9.88 Å². The smallest absolute Gasteiger partial charge is 0.223 e. The number of amides is 1. The Balaban J connectivity index is 1.71. The Bertz CT molecular complexity index is 746. The second-order valence-electron chi connectivity index (χ2n) is 7.17. The summed E-state index contributed by atoms with van der Waals surface area (Å²) in [7, 11) is 0. The van der Waals surface area contributed by atoms with Gasteiger partial charge in [-0.1, -0.05) is 18.2 Å². The molecule has 0 N–H and O–H groups in total. The van der Waals surface area contributed by atoms with E-state index in [1.165, 1.54) is 25.0 Å². The summed E-state index contributed by atoms with van der Waals surface area (Å²) in [5, 5.41) is 0. The van der Waals surface area contributed by atoms with Crippen molar-refractivity contribution in [3.8, 4) is 0 Å². The normalized spacial score (nSPS) is 19.6. The summed E-state index contributed by atoms with van der Waals surface area (Å²) in [5.41, 5.74) is 1.84. The van der Waals surface area contributed by atoms with Gasteiger partial charge in [0.15, 0.2) is 0 Å². The molecule has 0 radical (unpaired) electrons. The van der Waals surface area contributed by atoms with E-state index >= 15 is 0 Å². The van der Waals surface area contributed by atoms with E-state index in [0.717, 1.165) is 17.5 Å². The topological polar surface area (TPSA) is 42.4 Å². The molecule has 0 spiro atoms. The molecule has 2 aromatic rings. The number of carbonyl (C=O) groups is 1. The highest BCUT2D eigenvalue weighted by atomic mass is 19.1. The predicted octanol–water partition coefficient (Wildman–Crippen LogP) is 4.05. The lowest BCUT2D eigenvalue weighted by Crippen LogP contribution is -2.35. The Morgan fingerprint density at radius 2 is 2.00 bits per heavy atom. The molecule has 136 valence electrons. The molecular formula is C21H23FN2O2. The molecule has 0 unspecified atom stereocenters. The van der Waals surface area contributed by atoms with Gasteiger partial charge in [-0.25, -0.2) is 4.39 Å². The second kappa shape index (κ2) is 7.54. The molecule has 4 nitrogen and oxygen atoms in total. The lowest BCUT2D eigenvalue weighted by Gasteiger charge is -2.35. The Morgan fingerprint density at radius 1 is 1.19 bits per heavy atom. The van der Waals surface area contributed by atoms with Gasteiger partial charge >= 0.3 is 0 Å². The first kappa shape index (κ1) is 17.2. The Hall–Kier alpha value is -2.27. The SMILES string of the molecule is O=C1CCCN1[C@H](c1ccc(F)cc1)[C@@H](OCC1CC1)c1cccnc1. The van der Waals surface area contributed by atoms with Gasteiger partial charge in [-0.2, -0.15) is 0 Å². The zero-order valence-electron chi connectivity index (χ0n) is 14.7. The summed E-state index contributed by atoms with van der Waals surface area (Å²) >= 11 is 0. The number of ether oxygens (including phenoxy) is 1. The van der Waals surface area contributed by atoms with Crippen LogP contribution in [0.4, 0.5) is 4.39 Å². The average molecular weight is 354 g/mol. The van der Waals surface area contributed by atoms with E-state index in [-0.39, 0.29) is 23.9 Å². The number of carbonyl (C=O) groups excluding carboxylic acids is 1. The number of benzene rings is 1. The van der Waals surface area contributed by atoms with Crippen molar-refractivity contribution in [2.24, 2.45) is 5.92 Å². The van der Waals surface area contributed by atoms with Crippen LogP contribution >= 0.6 is 0 Å². The number of rotatable bonds is 7. The first-order valence-corrected chi connectivity index (χ1v) is 9.29. The van der Waals surface area contributed by atoms with Crippen LogP contribution in [-0.2, 0) is 9.53 Å². The van der Waals surface area contributed by atoms with Gasteiger partial charge in [0.1, 0.15) is 11.9 Å². The van der Waals surface area contributed by atoms with Crippen LogP contribution in [0.5, 0.6) is 0 Å². The van der Waals surface area contributed by atoms with Crippen LogP contribution in [0.2, 0.25) is 0 Å². The van der Waals surface area contributed by atoms with Crippen molar-refractivity contribution in [2.45, 2.75) is 37.8 Å². The van der Waals surface area contributed by atoms with E-state index in [1.54, 1.807) is 24.5 Å². The third-order valence-electron chi connectivity index (χ3n) is 5.17. The van der Waals surface area contributed by atoms with Gasteiger partial charge in [0.05, 0.1) is 12.6 Å². The maximum absolute atomic E-state index is 13.5. The van der Waals surface area contributed by atoms with Gasteiger partial charge in [-0.05, 0) is 48.9 Å². The third-order valence-corrected chi connectivity index (χ3v) is 5.17. The van der Waals surface area contributed by atoms with Gasteiger partial charge in [0.25, 0.3) is 0 Å². The minimum absolute atomic E-state index is 0.128. The Labute approximate surface area is 153 Å².